The van der Waals surface area contributed by atoms with Gasteiger partial charge in [0.1, 0.15) is 10.7 Å². The second kappa shape index (κ2) is 8.73. The molecule has 134 valence electrons. The number of nitrogens with two attached hydrogens (primary N) is 1. The largest absolute Gasteiger partial charge is 0.379 e. The Bertz CT molecular complexity index is 701. The van der Waals surface area contributed by atoms with Gasteiger partial charge in [0.25, 0.3) is 5.91 Å². The van der Waals surface area contributed by atoms with Gasteiger partial charge in [0.2, 0.25) is 0 Å². The summed E-state index contributed by atoms with van der Waals surface area (Å²) in [5.41, 5.74) is 7.09. The van der Waals surface area contributed by atoms with Gasteiger partial charge in [-0.2, -0.15) is 0 Å². The Morgan fingerprint density at radius 3 is 2.72 bits per heavy atom. The van der Waals surface area contributed by atoms with Crippen LogP contribution in [-0.4, -0.2) is 48.6 Å². The number of carbonyl (C=O) groups is 1. The van der Waals surface area contributed by atoms with E-state index in [1.807, 2.05) is 24.3 Å². The van der Waals surface area contributed by atoms with Crippen LogP contribution in [0.15, 0.2) is 29.6 Å². The molecule has 3 rings (SSSR count). The zero-order valence-electron chi connectivity index (χ0n) is 13.8. The monoisotopic (exact) mass is 380 g/mol. The van der Waals surface area contributed by atoms with Crippen LogP contribution < -0.4 is 11.1 Å². The number of halogens is 1. The van der Waals surface area contributed by atoms with Crippen molar-refractivity contribution in [3.05, 3.63) is 50.9 Å². The minimum absolute atomic E-state index is 0.0673. The molecule has 6 nitrogen and oxygen atoms in total. The van der Waals surface area contributed by atoms with Crippen molar-refractivity contribution < 1.29 is 9.53 Å². The van der Waals surface area contributed by atoms with Crippen LogP contribution in [-0.2, 0) is 11.3 Å². The first-order valence-corrected chi connectivity index (χ1v) is 9.43. The minimum atomic E-state index is -0.178. The molecule has 2 aromatic rings. The first-order chi connectivity index (χ1) is 12.2. The highest BCUT2D eigenvalue weighted by Crippen LogP contribution is 2.23. The van der Waals surface area contributed by atoms with Crippen LogP contribution in [0.1, 0.15) is 27.1 Å². The molecule has 0 spiro atoms. The van der Waals surface area contributed by atoms with E-state index in [1.54, 1.807) is 5.38 Å². The van der Waals surface area contributed by atoms with E-state index in [-0.39, 0.29) is 11.9 Å². The lowest BCUT2D eigenvalue weighted by Crippen LogP contribution is -2.43. The Labute approximate surface area is 155 Å². The number of carbonyl (C=O) groups excluding carboxylic acids is 1. The molecule has 1 fully saturated rings. The molecule has 1 amide bonds. The zero-order chi connectivity index (χ0) is 17.6. The van der Waals surface area contributed by atoms with E-state index in [4.69, 9.17) is 22.1 Å². The molecule has 0 saturated carbocycles. The summed E-state index contributed by atoms with van der Waals surface area (Å²) in [5.74, 6) is -0.178. The van der Waals surface area contributed by atoms with Crippen molar-refractivity contribution in [1.29, 1.82) is 0 Å². The summed E-state index contributed by atoms with van der Waals surface area (Å²) >= 11 is 7.40. The molecule has 1 aliphatic rings. The third-order valence-corrected chi connectivity index (χ3v) is 5.28. The fourth-order valence-electron chi connectivity index (χ4n) is 2.82. The number of hydrogen-bond donors (Lipinski definition) is 2. The predicted molar refractivity (Wildman–Crippen MR) is 98.9 cm³/mol. The van der Waals surface area contributed by atoms with E-state index < -0.39 is 0 Å². The van der Waals surface area contributed by atoms with Crippen molar-refractivity contribution in [3.8, 4) is 0 Å². The molecule has 0 bridgehead atoms. The molecule has 25 heavy (non-hydrogen) atoms. The molecule has 1 aromatic heterocycles. The second-order valence-corrected chi connectivity index (χ2v) is 7.14. The normalized spacial score (nSPS) is 16.6. The van der Waals surface area contributed by atoms with Crippen LogP contribution in [0.2, 0.25) is 5.02 Å². The smallest absolute Gasteiger partial charge is 0.270 e. The maximum absolute atomic E-state index is 12.4. The lowest BCUT2D eigenvalue weighted by atomic mass is 10.0. The van der Waals surface area contributed by atoms with Crippen molar-refractivity contribution >= 4 is 28.8 Å². The molecule has 1 saturated heterocycles. The van der Waals surface area contributed by atoms with Crippen molar-refractivity contribution in [2.24, 2.45) is 5.73 Å². The fraction of sp³-hybridized carbons (Fsp3) is 0.412. The van der Waals surface area contributed by atoms with E-state index in [9.17, 15) is 4.79 Å². The number of thiazole rings is 1. The second-order valence-electron chi connectivity index (χ2n) is 5.76. The Morgan fingerprint density at radius 2 is 2.08 bits per heavy atom. The number of morpholine rings is 1. The maximum atomic E-state index is 12.4. The van der Waals surface area contributed by atoms with Gasteiger partial charge < -0.3 is 15.8 Å². The summed E-state index contributed by atoms with van der Waals surface area (Å²) in [5, 5.41) is 6.19. The Balaban J connectivity index is 1.70. The summed E-state index contributed by atoms with van der Waals surface area (Å²) in [7, 11) is 0. The molecule has 1 aliphatic heterocycles. The summed E-state index contributed by atoms with van der Waals surface area (Å²) in [6, 6.07) is 7.83. The Kier molecular flexibility index (Phi) is 6.39. The van der Waals surface area contributed by atoms with Gasteiger partial charge >= 0.3 is 0 Å². The van der Waals surface area contributed by atoms with Gasteiger partial charge in [-0.3, -0.25) is 9.69 Å². The summed E-state index contributed by atoms with van der Waals surface area (Å²) < 4.78 is 5.44. The highest BCUT2D eigenvalue weighted by atomic mass is 35.5. The highest BCUT2D eigenvalue weighted by Gasteiger charge is 2.23. The van der Waals surface area contributed by atoms with Crippen LogP contribution in [0.3, 0.4) is 0 Å². The first kappa shape index (κ1) is 18.3. The van der Waals surface area contributed by atoms with E-state index in [0.29, 0.717) is 37.0 Å². The van der Waals surface area contributed by atoms with E-state index in [1.165, 1.54) is 11.3 Å². The van der Waals surface area contributed by atoms with E-state index in [0.717, 1.165) is 23.7 Å². The van der Waals surface area contributed by atoms with Crippen LogP contribution >= 0.6 is 22.9 Å². The molecule has 1 aromatic carbocycles. The molecule has 0 aliphatic carbocycles. The molecule has 2 heterocycles. The highest BCUT2D eigenvalue weighted by molar-refractivity contribution is 7.09. The Hall–Kier alpha value is -1.51. The SMILES string of the molecule is NCc1nc(C(=O)NCC(c2ccc(Cl)cc2)N2CCOCC2)cs1. The lowest BCUT2D eigenvalue weighted by Gasteiger charge is -2.34. The average Bonchev–Trinajstić information content (AvgIpc) is 3.13. The topological polar surface area (TPSA) is 80.5 Å². The molecule has 3 N–H and O–H groups in total. The van der Waals surface area contributed by atoms with Crippen LogP contribution in [0.25, 0.3) is 0 Å². The number of nitrogens with one attached hydrogen (secondary N) is 1. The number of ether oxygens (including phenoxy) is 1. The predicted octanol–water partition coefficient (Wildman–Crippen LogP) is 2.06. The van der Waals surface area contributed by atoms with Gasteiger partial charge in [-0.25, -0.2) is 4.98 Å². The molecule has 1 atom stereocenters. The molecular formula is C17H21ClN4O2S. The number of hydrogen-bond acceptors (Lipinski definition) is 6. The number of rotatable bonds is 6. The number of amides is 1. The lowest BCUT2D eigenvalue weighted by molar-refractivity contribution is 0.0162. The van der Waals surface area contributed by atoms with Crippen LogP contribution in [0, 0.1) is 0 Å². The van der Waals surface area contributed by atoms with Gasteiger partial charge in [0.05, 0.1) is 19.3 Å². The van der Waals surface area contributed by atoms with Crippen molar-refractivity contribution in [2.45, 2.75) is 12.6 Å². The fourth-order valence-corrected chi connectivity index (χ4v) is 3.60. The quantitative estimate of drug-likeness (QED) is 0.801. The summed E-state index contributed by atoms with van der Waals surface area (Å²) in [4.78, 5) is 18.9. The number of benzene rings is 1. The van der Waals surface area contributed by atoms with Crippen molar-refractivity contribution in [2.75, 3.05) is 32.8 Å². The van der Waals surface area contributed by atoms with Gasteiger partial charge in [-0.05, 0) is 17.7 Å². The minimum Gasteiger partial charge on any atom is -0.379 e. The van der Waals surface area contributed by atoms with Crippen LogP contribution in [0.4, 0.5) is 0 Å². The van der Waals surface area contributed by atoms with Crippen molar-refractivity contribution in [3.63, 3.8) is 0 Å². The molecule has 0 radical (unpaired) electrons. The first-order valence-electron chi connectivity index (χ1n) is 8.17. The van der Waals surface area contributed by atoms with Crippen molar-refractivity contribution in [1.82, 2.24) is 15.2 Å². The molecule has 8 heteroatoms. The number of aromatic nitrogens is 1. The van der Waals surface area contributed by atoms with Crippen LogP contribution in [0.5, 0.6) is 0 Å². The Morgan fingerprint density at radius 1 is 1.36 bits per heavy atom. The molecule has 1 unspecified atom stereocenters. The summed E-state index contributed by atoms with van der Waals surface area (Å²) in [6.07, 6.45) is 0. The maximum Gasteiger partial charge on any atom is 0.270 e. The van der Waals surface area contributed by atoms with Gasteiger partial charge in [0.15, 0.2) is 0 Å². The third-order valence-electron chi connectivity index (χ3n) is 4.16. The standard InChI is InChI=1S/C17H21ClN4O2S/c18-13-3-1-12(2-4-13)15(22-5-7-24-8-6-22)10-20-17(23)14-11-25-16(9-19)21-14/h1-4,11,15H,5-10,19H2,(H,20,23). The van der Waals surface area contributed by atoms with Gasteiger partial charge in [-0.15, -0.1) is 11.3 Å². The van der Waals surface area contributed by atoms with Gasteiger partial charge in [0, 0.05) is 36.6 Å². The van der Waals surface area contributed by atoms with E-state index in [2.05, 4.69) is 15.2 Å². The zero-order valence-corrected chi connectivity index (χ0v) is 15.4. The summed E-state index contributed by atoms with van der Waals surface area (Å²) in [6.45, 7) is 3.90. The average molecular weight is 381 g/mol. The third kappa shape index (κ3) is 4.77. The van der Waals surface area contributed by atoms with E-state index >= 15 is 0 Å². The van der Waals surface area contributed by atoms with Gasteiger partial charge in [-0.1, -0.05) is 23.7 Å². The molecular weight excluding hydrogens is 360 g/mol. The number of nitrogens with zero attached hydrogens (tertiary/aromatic N) is 2.